The highest BCUT2D eigenvalue weighted by atomic mass is 16.3. The van der Waals surface area contributed by atoms with Gasteiger partial charge in [-0.05, 0) is 36.2 Å². The number of aromatic nitrogens is 1. The van der Waals surface area contributed by atoms with Gasteiger partial charge in [0.25, 0.3) is 0 Å². The molecule has 3 heteroatoms. The van der Waals surface area contributed by atoms with Crippen molar-refractivity contribution in [1.29, 1.82) is 0 Å². The number of aliphatic hydroxyl groups is 1. The molecule has 1 heterocycles. The number of rotatable bonds is 4. The fourth-order valence-electron chi connectivity index (χ4n) is 2.36. The van der Waals surface area contributed by atoms with Gasteiger partial charge < -0.3 is 10.4 Å². The quantitative estimate of drug-likeness (QED) is 0.756. The van der Waals surface area contributed by atoms with Gasteiger partial charge in [-0.2, -0.15) is 0 Å². The fourth-order valence-corrected chi connectivity index (χ4v) is 2.36. The molecule has 3 aromatic rings. The standard InChI is InChI=1S/C19H18N2O/c1-14-12-16(18(22)15-8-4-2-5-9-15)13-20-19(14)21-17-10-6-3-7-11-17/h2-13,18,22H,1H3,(H,20,21)/t18-/m0/s1. The molecular weight excluding hydrogens is 272 g/mol. The maximum atomic E-state index is 10.4. The third-order valence-electron chi connectivity index (χ3n) is 3.57. The maximum absolute atomic E-state index is 10.4. The van der Waals surface area contributed by atoms with E-state index in [0.29, 0.717) is 0 Å². The molecule has 0 saturated carbocycles. The zero-order valence-corrected chi connectivity index (χ0v) is 12.4. The van der Waals surface area contributed by atoms with E-state index in [4.69, 9.17) is 0 Å². The van der Waals surface area contributed by atoms with Crippen LogP contribution in [0.2, 0.25) is 0 Å². The highest BCUT2D eigenvalue weighted by Crippen LogP contribution is 2.25. The summed E-state index contributed by atoms with van der Waals surface area (Å²) in [6.07, 6.45) is 1.06. The summed E-state index contributed by atoms with van der Waals surface area (Å²) in [5, 5.41) is 13.7. The average Bonchev–Trinajstić information content (AvgIpc) is 2.58. The van der Waals surface area contributed by atoms with Crippen LogP contribution in [-0.4, -0.2) is 10.1 Å². The molecule has 0 fully saturated rings. The van der Waals surface area contributed by atoms with Gasteiger partial charge in [0.15, 0.2) is 0 Å². The van der Waals surface area contributed by atoms with E-state index in [9.17, 15) is 5.11 Å². The van der Waals surface area contributed by atoms with E-state index >= 15 is 0 Å². The summed E-state index contributed by atoms with van der Waals surface area (Å²) in [4.78, 5) is 4.45. The van der Waals surface area contributed by atoms with Crippen molar-refractivity contribution in [1.82, 2.24) is 4.98 Å². The van der Waals surface area contributed by atoms with Crippen molar-refractivity contribution in [2.75, 3.05) is 5.32 Å². The Bertz CT molecular complexity index is 742. The number of nitrogens with one attached hydrogen (secondary N) is 1. The lowest BCUT2D eigenvalue weighted by molar-refractivity contribution is 0.220. The Morgan fingerprint density at radius 3 is 2.18 bits per heavy atom. The van der Waals surface area contributed by atoms with Crippen LogP contribution in [0, 0.1) is 6.92 Å². The first-order valence-electron chi connectivity index (χ1n) is 7.25. The highest BCUT2D eigenvalue weighted by Gasteiger charge is 2.12. The first-order valence-corrected chi connectivity index (χ1v) is 7.25. The lowest BCUT2D eigenvalue weighted by Crippen LogP contribution is -2.03. The third kappa shape index (κ3) is 3.15. The number of benzene rings is 2. The van der Waals surface area contributed by atoms with E-state index in [0.717, 1.165) is 28.2 Å². The zero-order valence-electron chi connectivity index (χ0n) is 12.4. The second-order valence-corrected chi connectivity index (χ2v) is 5.24. The molecular formula is C19H18N2O. The Hall–Kier alpha value is -2.65. The minimum absolute atomic E-state index is 0.654. The molecule has 0 bridgehead atoms. The number of hydrogen-bond acceptors (Lipinski definition) is 3. The third-order valence-corrected chi connectivity index (χ3v) is 3.57. The molecule has 110 valence electrons. The number of anilines is 2. The molecule has 0 amide bonds. The van der Waals surface area contributed by atoms with E-state index in [1.807, 2.05) is 73.7 Å². The topological polar surface area (TPSA) is 45.2 Å². The second kappa shape index (κ2) is 6.41. The number of pyridine rings is 1. The van der Waals surface area contributed by atoms with E-state index in [1.54, 1.807) is 6.20 Å². The van der Waals surface area contributed by atoms with Gasteiger partial charge in [-0.1, -0.05) is 48.5 Å². The normalized spacial score (nSPS) is 11.9. The Kier molecular flexibility index (Phi) is 4.17. The summed E-state index contributed by atoms with van der Waals surface area (Å²) in [5.41, 5.74) is 3.65. The van der Waals surface area contributed by atoms with Crippen LogP contribution in [0.3, 0.4) is 0 Å². The molecule has 0 aliphatic carbocycles. The molecule has 22 heavy (non-hydrogen) atoms. The van der Waals surface area contributed by atoms with Gasteiger partial charge in [0.1, 0.15) is 11.9 Å². The number of aryl methyl sites for hydroxylation is 1. The van der Waals surface area contributed by atoms with Crippen LogP contribution >= 0.6 is 0 Å². The minimum Gasteiger partial charge on any atom is -0.384 e. The first-order chi connectivity index (χ1) is 10.7. The van der Waals surface area contributed by atoms with Crippen LogP contribution in [0.5, 0.6) is 0 Å². The van der Waals surface area contributed by atoms with Gasteiger partial charge in [0, 0.05) is 17.4 Å². The van der Waals surface area contributed by atoms with Crippen molar-refractivity contribution in [3.63, 3.8) is 0 Å². The zero-order chi connectivity index (χ0) is 15.4. The van der Waals surface area contributed by atoms with Crippen LogP contribution < -0.4 is 5.32 Å². The van der Waals surface area contributed by atoms with Crippen molar-refractivity contribution in [3.05, 3.63) is 89.6 Å². The van der Waals surface area contributed by atoms with Crippen molar-refractivity contribution in [2.45, 2.75) is 13.0 Å². The molecule has 0 spiro atoms. The van der Waals surface area contributed by atoms with E-state index in [2.05, 4.69) is 10.3 Å². The molecule has 0 aliphatic rings. The number of hydrogen-bond donors (Lipinski definition) is 2. The smallest absolute Gasteiger partial charge is 0.133 e. The minimum atomic E-state index is -0.654. The van der Waals surface area contributed by atoms with Crippen LogP contribution in [0.4, 0.5) is 11.5 Å². The van der Waals surface area contributed by atoms with Crippen LogP contribution in [-0.2, 0) is 0 Å². The van der Waals surface area contributed by atoms with Crippen LogP contribution in [0.1, 0.15) is 22.8 Å². The largest absolute Gasteiger partial charge is 0.384 e. The van der Waals surface area contributed by atoms with E-state index in [1.165, 1.54) is 0 Å². The molecule has 1 aromatic heterocycles. The summed E-state index contributed by atoms with van der Waals surface area (Å²) < 4.78 is 0. The van der Waals surface area contributed by atoms with E-state index in [-0.39, 0.29) is 0 Å². The Balaban J connectivity index is 1.83. The number of nitrogens with zero attached hydrogens (tertiary/aromatic N) is 1. The van der Waals surface area contributed by atoms with Crippen molar-refractivity contribution >= 4 is 11.5 Å². The van der Waals surface area contributed by atoms with Gasteiger partial charge in [-0.15, -0.1) is 0 Å². The van der Waals surface area contributed by atoms with Crippen LogP contribution in [0.25, 0.3) is 0 Å². The Morgan fingerprint density at radius 2 is 1.55 bits per heavy atom. The van der Waals surface area contributed by atoms with Gasteiger partial charge in [0.05, 0.1) is 0 Å². The highest BCUT2D eigenvalue weighted by molar-refractivity contribution is 5.59. The van der Waals surface area contributed by atoms with Crippen molar-refractivity contribution in [2.24, 2.45) is 0 Å². The molecule has 0 unspecified atom stereocenters. The number of para-hydroxylation sites is 1. The lowest BCUT2D eigenvalue weighted by Gasteiger charge is -2.14. The number of aliphatic hydroxyl groups excluding tert-OH is 1. The summed E-state index contributed by atoms with van der Waals surface area (Å²) in [7, 11) is 0. The van der Waals surface area contributed by atoms with Crippen molar-refractivity contribution in [3.8, 4) is 0 Å². The maximum Gasteiger partial charge on any atom is 0.133 e. The van der Waals surface area contributed by atoms with Crippen molar-refractivity contribution < 1.29 is 5.11 Å². The Labute approximate surface area is 130 Å². The molecule has 0 aliphatic heterocycles. The molecule has 1 atom stereocenters. The van der Waals surface area contributed by atoms with Gasteiger partial charge in [0.2, 0.25) is 0 Å². The SMILES string of the molecule is Cc1cc([C@@H](O)c2ccccc2)cnc1Nc1ccccc1. The lowest BCUT2D eigenvalue weighted by atomic mass is 10.0. The van der Waals surface area contributed by atoms with Gasteiger partial charge in [-0.25, -0.2) is 4.98 Å². The second-order valence-electron chi connectivity index (χ2n) is 5.24. The summed E-state index contributed by atoms with van der Waals surface area (Å²) in [6, 6.07) is 21.5. The summed E-state index contributed by atoms with van der Waals surface area (Å²) >= 11 is 0. The molecule has 2 N–H and O–H groups in total. The predicted molar refractivity (Wildman–Crippen MR) is 89.2 cm³/mol. The fraction of sp³-hybridized carbons (Fsp3) is 0.105. The average molecular weight is 290 g/mol. The van der Waals surface area contributed by atoms with Gasteiger partial charge >= 0.3 is 0 Å². The molecule has 0 saturated heterocycles. The molecule has 3 rings (SSSR count). The van der Waals surface area contributed by atoms with Crippen LogP contribution in [0.15, 0.2) is 72.9 Å². The molecule has 2 aromatic carbocycles. The molecule has 3 nitrogen and oxygen atoms in total. The van der Waals surface area contributed by atoms with Gasteiger partial charge in [-0.3, -0.25) is 0 Å². The van der Waals surface area contributed by atoms with E-state index < -0.39 is 6.10 Å². The predicted octanol–water partition coefficient (Wildman–Crippen LogP) is 4.22. The monoisotopic (exact) mass is 290 g/mol. The summed E-state index contributed by atoms with van der Waals surface area (Å²) in [6.45, 7) is 1.99. The first kappa shape index (κ1) is 14.3. The summed E-state index contributed by atoms with van der Waals surface area (Å²) in [5.74, 6) is 0.801. The molecule has 0 radical (unpaired) electrons. The Morgan fingerprint density at radius 1 is 0.909 bits per heavy atom.